The van der Waals surface area contributed by atoms with Crippen LogP contribution in [0, 0.1) is 11.7 Å². The number of rotatable bonds is 5. The van der Waals surface area contributed by atoms with Crippen LogP contribution in [0.5, 0.6) is 0 Å². The van der Waals surface area contributed by atoms with Crippen LogP contribution in [0.4, 0.5) is 15.9 Å². The zero-order chi connectivity index (χ0) is 21.8. The van der Waals surface area contributed by atoms with Crippen LogP contribution in [-0.4, -0.2) is 66.9 Å². The number of carbonyl (C=O) groups is 3. The van der Waals surface area contributed by atoms with Gasteiger partial charge in [-0.05, 0) is 36.4 Å². The van der Waals surface area contributed by atoms with Gasteiger partial charge in [0.1, 0.15) is 11.6 Å². The van der Waals surface area contributed by atoms with E-state index in [2.05, 4.69) is 15.2 Å². The minimum absolute atomic E-state index is 0.0696. The first-order valence-corrected chi connectivity index (χ1v) is 10.3. The minimum Gasteiger partial charge on any atom is -0.353 e. The maximum atomic E-state index is 13.1. The van der Waals surface area contributed by atoms with Crippen molar-refractivity contribution >= 4 is 29.2 Å². The second-order valence-corrected chi connectivity index (χ2v) is 7.66. The Labute approximate surface area is 179 Å². The van der Waals surface area contributed by atoms with Crippen LogP contribution in [0.25, 0.3) is 0 Å². The zero-order valence-electron chi connectivity index (χ0n) is 17.0. The second-order valence-electron chi connectivity index (χ2n) is 7.66. The normalized spacial score (nSPS) is 18.9. The van der Waals surface area contributed by atoms with Crippen molar-refractivity contribution in [2.45, 2.75) is 6.42 Å². The summed E-state index contributed by atoms with van der Waals surface area (Å²) in [5.74, 6) is -0.689. The number of piperazine rings is 1. The van der Waals surface area contributed by atoms with Gasteiger partial charge in [0.25, 0.3) is 0 Å². The number of halogens is 1. The molecule has 31 heavy (non-hydrogen) atoms. The molecule has 3 amide bonds. The van der Waals surface area contributed by atoms with E-state index in [0.29, 0.717) is 31.9 Å². The lowest BCUT2D eigenvalue weighted by Crippen LogP contribution is -2.51. The number of benzene rings is 1. The number of pyridine rings is 1. The maximum absolute atomic E-state index is 13.1. The van der Waals surface area contributed by atoms with E-state index in [-0.39, 0.29) is 43.0 Å². The maximum Gasteiger partial charge on any atom is 0.242 e. The first-order valence-electron chi connectivity index (χ1n) is 10.3. The van der Waals surface area contributed by atoms with Crippen LogP contribution in [0.3, 0.4) is 0 Å². The van der Waals surface area contributed by atoms with E-state index in [0.717, 1.165) is 5.82 Å². The molecule has 1 atom stereocenters. The Morgan fingerprint density at radius 1 is 1.06 bits per heavy atom. The second kappa shape index (κ2) is 9.11. The molecule has 1 N–H and O–H groups in total. The molecule has 2 aromatic rings. The molecule has 9 heteroatoms. The Morgan fingerprint density at radius 3 is 2.48 bits per heavy atom. The molecule has 8 nitrogen and oxygen atoms in total. The molecule has 2 saturated heterocycles. The van der Waals surface area contributed by atoms with Gasteiger partial charge in [0.05, 0.1) is 12.5 Å². The number of amides is 3. The summed E-state index contributed by atoms with van der Waals surface area (Å²) in [4.78, 5) is 46.9. The number of anilines is 2. The molecule has 0 aliphatic carbocycles. The highest BCUT2D eigenvalue weighted by atomic mass is 19.1. The van der Waals surface area contributed by atoms with Crippen LogP contribution in [0.2, 0.25) is 0 Å². The lowest BCUT2D eigenvalue weighted by Gasteiger charge is -2.35. The molecule has 0 saturated carbocycles. The molecule has 3 heterocycles. The van der Waals surface area contributed by atoms with Gasteiger partial charge in [0.15, 0.2) is 0 Å². The number of aromatic nitrogens is 1. The van der Waals surface area contributed by atoms with Crippen LogP contribution in [0.15, 0.2) is 48.7 Å². The van der Waals surface area contributed by atoms with Gasteiger partial charge in [-0.25, -0.2) is 9.37 Å². The third-order valence-electron chi connectivity index (χ3n) is 5.65. The highest BCUT2D eigenvalue weighted by molar-refractivity contribution is 6.00. The molecule has 2 fully saturated rings. The van der Waals surface area contributed by atoms with Gasteiger partial charge in [-0.1, -0.05) is 6.07 Å². The van der Waals surface area contributed by atoms with Crippen molar-refractivity contribution in [2.24, 2.45) is 5.92 Å². The van der Waals surface area contributed by atoms with Crippen molar-refractivity contribution in [1.29, 1.82) is 0 Å². The van der Waals surface area contributed by atoms with Crippen LogP contribution >= 0.6 is 0 Å². The molecular formula is C22H24FN5O3. The number of carbonyl (C=O) groups excluding carboxylic acids is 3. The SMILES string of the molecule is O=C(NCC(=O)N1CCN(c2ccccn2)CC1)[C@@H]1CC(=O)N(c2ccc(F)cc2)C1. The molecule has 1 aromatic heterocycles. The van der Waals surface area contributed by atoms with Crippen molar-refractivity contribution < 1.29 is 18.8 Å². The summed E-state index contributed by atoms with van der Waals surface area (Å²) in [6.07, 6.45) is 1.81. The highest BCUT2D eigenvalue weighted by Crippen LogP contribution is 2.25. The van der Waals surface area contributed by atoms with Crippen molar-refractivity contribution in [3.05, 3.63) is 54.5 Å². The Kier molecular flexibility index (Phi) is 6.11. The van der Waals surface area contributed by atoms with Crippen molar-refractivity contribution in [3.63, 3.8) is 0 Å². The van der Waals surface area contributed by atoms with Gasteiger partial charge in [-0.2, -0.15) is 0 Å². The molecule has 0 bridgehead atoms. The Bertz CT molecular complexity index is 945. The van der Waals surface area contributed by atoms with E-state index < -0.39 is 5.92 Å². The molecule has 4 rings (SSSR count). The van der Waals surface area contributed by atoms with E-state index in [9.17, 15) is 18.8 Å². The summed E-state index contributed by atoms with van der Waals surface area (Å²) in [5, 5.41) is 2.67. The average Bonchev–Trinajstić information content (AvgIpc) is 3.20. The van der Waals surface area contributed by atoms with Gasteiger partial charge in [-0.3, -0.25) is 14.4 Å². The fourth-order valence-corrected chi connectivity index (χ4v) is 3.90. The molecule has 0 unspecified atom stereocenters. The molecular weight excluding hydrogens is 401 g/mol. The summed E-state index contributed by atoms with van der Waals surface area (Å²) >= 11 is 0. The standard InChI is InChI=1S/C22H24FN5O3/c23-17-4-6-18(7-5-17)28-15-16(13-20(28)29)22(31)25-14-21(30)27-11-9-26(10-12-27)19-3-1-2-8-24-19/h1-8,16H,9-15H2,(H,25,31)/t16-/m1/s1. The zero-order valence-corrected chi connectivity index (χ0v) is 17.0. The summed E-state index contributed by atoms with van der Waals surface area (Å²) in [5.41, 5.74) is 0.559. The monoisotopic (exact) mass is 425 g/mol. The number of nitrogens with zero attached hydrogens (tertiary/aromatic N) is 4. The van der Waals surface area contributed by atoms with E-state index >= 15 is 0 Å². The number of hydrogen-bond donors (Lipinski definition) is 1. The molecule has 1 aromatic carbocycles. The lowest BCUT2D eigenvalue weighted by atomic mass is 10.1. The topological polar surface area (TPSA) is 85.9 Å². The van der Waals surface area contributed by atoms with Gasteiger partial charge in [-0.15, -0.1) is 0 Å². The average molecular weight is 425 g/mol. The predicted octanol–water partition coefficient (Wildman–Crippen LogP) is 1.04. The Hall–Kier alpha value is -3.49. The summed E-state index contributed by atoms with van der Waals surface area (Å²) in [6, 6.07) is 11.3. The van der Waals surface area contributed by atoms with Crippen molar-refractivity contribution in [2.75, 3.05) is 49.1 Å². The molecule has 0 radical (unpaired) electrons. The number of nitrogens with one attached hydrogen (secondary N) is 1. The largest absolute Gasteiger partial charge is 0.353 e. The van der Waals surface area contributed by atoms with E-state index in [1.165, 1.54) is 29.2 Å². The molecule has 2 aliphatic rings. The van der Waals surface area contributed by atoms with Crippen molar-refractivity contribution in [3.8, 4) is 0 Å². The van der Waals surface area contributed by atoms with Crippen LogP contribution < -0.4 is 15.1 Å². The fraction of sp³-hybridized carbons (Fsp3) is 0.364. The Balaban J connectivity index is 1.24. The Morgan fingerprint density at radius 2 is 1.81 bits per heavy atom. The fourth-order valence-electron chi connectivity index (χ4n) is 3.90. The first-order chi connectivity index (χ1) is 15.0. The van der Waals surface area contributed by atoms with Gasteiger partial charge in [0.2, 0.25) is 17.7 Å². The van der Waals surface area contributed by atoms with Gasteiger partial charge >= 0.3 is 0 Å². The first kappa shape index (κ1) is 20.8. The summed E-state index contributed by atoms with van der Waals surface area (Å²) in [7, 11) is 0. The molecule has 0 spiro atoms. The predicted molar refractivity (Wildman–Crippen MR) is 113 cm³/mol. The lowest BCUT2D eigenvalue weighted by molar-refractivity contribution is -0.134. The van der Waals surface area contributed by atoms with E-state index in [1.807, 2.05) is 18.2 Å². The van der Waals surface area contributed by atoms with E-state index in [1.54, 1.807) is 11.1 Å². The molecule has 2 aliphatic heterocycles. The summed E-state index contributed by atoms with van der Waals surface area (Å²) < 4.78 is 13.1. The smallest absolute Gasteiger partial charge is 0.242 e. The van der Waals surface area contributed by atoms with Crippen LogP contribution in [0.1, 0.15) is 6.42 Å². The van der Waals surface area contributed by atoms with Crippen molar-refractivity contribution in [1.82, 2.24) is 15.2 Å². The van der Waals surface area contributed by atoms with Crippen LogP contribution in [-0.2, 0) is 14.4 Å². The molecule has 162 valence electrons. The van der Waals surface area contributed by atoms with Gasteiger partial charge < -0.3 is 20.0 Å². The van der Waals surface area contributed by atoms with Gasteiger partial charge in [0, 0.05) is 51.0 Å². The third-order valence-corrected chi connectivity index (χ3v) is 5.65. The highest BCUT2D eigenvalue weighted by Gasteiger charge is 2.35. The minimum atomic E-state index is -0.536. The summed E-state index contributed by atoms with van der Waals surface area (Å²) in [6.45, 7) is 2.61. The van der Waals surface area contributed by atoms with E-state index in [4.69, 9.17) is 0 Å². The third kappa shape index (κ3) is 4.82. The quantitative estimate of drug-likeness (QED) is 0.774. The number of hydrogen-bond acceptors (Lipinski definition) is 5.